The van der Waals surface area contributed by atoms with Crippen molar-refractivity contribution in [3.63, 3.8) is 0 Å². The quantitative estimate of drug-likeness (QED) is 0.0868. The number of anilines is 1. The molecule has 0 heterocycles. The van der Waals surface area contributed by atoms with Crippen LogP contribution in [0, 0.1) is 28.6 Å². The molecule has 0 aliphatic heterocycles. The summed E-state index contributed by atoms with van der Waals surface area (Å²) in [5.74, 6) is 0.553. The zero-order valence-electron chi connectivity index (χ0n) is 23.9. The van der Waals surface area contributed by atoms with Gasteiger partial charge in [0.2, 0.25) is 5.91 Å². The van der Waals surface area contributed by atoms with Crippen LogP contribution in [0.25, 0.3) is 0 Å². The van der Waals surface area contributed by atoms with E-state index in [9.17, 15) is 9.59 Å². The number of rotatable bonds is 13. The first-order valence-corrected chi connectivity index (χ1v) is 13.3. The number of ether oxygens (including phenoxy) is 1. The SMILES string of the molecule is CCC(C)CC(CC)C(=N)N(C)C(=N)c1cccc(NC(/C=C(\N)NC(=O)C2CC2)=C(/N)C(=O)NC)c1OC. The molecule has 1 saturated carbocycles. The lowest BCUT2D eigenvalue weighted by molar-refractivity contribution is -0.121. The minimum atomic E-state index is -0.543. The number of carbonyl (C=O) groups is 2. The van der Waals surface area contributed by atoms with E-state index < -0.39 is 5.91 Å². The Hall–Kier alpha value is -4.02. The highest BCUT2D eigenvalue weighted by Gasteiger charge is 2.30. The van der Waals surface area contributed by atoms with Gasteiger partial charge in [0.1, 0.15) is 23.2 Å². The zero-order valence-corrected chi connectivity index (χ0v) is 23.9. The molecule has 11 heteroatoms. The Labute approximate surface area is 231 Å². The van der Waals surface area contributed by atoms with Crippen molar-refractivity contribution in [2.75, 3.05) is 26.5 Å². The molecule has 11 nitrogen and oxygen atoms in total. The number of methoxy groups -OCH3 is 1. The largest absolute Gasteiger partial charge is 0.494 e. The number of hydrogen-bond acceptors (Lipinski definition) is 8. The number of allylic oxidation sites excluding steroid dienone is 1. The lowest BCUT2D eigenvalue weighted by Crippen LogP contribution is -2.38. The normalized spacial score (nSPS) is 15.4. The van der Waals surface area contributed by atoms with Crippen LogP contribution in [0.4, 0.5) is 5.69 Å². The molecule has 0 aromatic heterocycles. The number of nitrogens with two attached hydrogens (primary N) is 2. The van der Waals surface area contributed by atoms with Crippen LogP contribution in [0.15, 0.2) is 41.5 Å². The third-order valence-electron chi connectivity index (χ3n) is 6.98. The minimum absolute atomic E-state index is 0.0263. The van der Waals surface area contributed by atoms with E-state index in [2.05, 4.69) is 36.7 Å². The van der Waals surface area contributed by atoms with Crippen LogP contribution in [0.2, 0.25) is 0 Å². The summed E-state index contributed by atoms with van der Waals surface area (Å²) < 4.78 is 5.69. The summed E-state index contributed by atoms with van der Waals surface area (Å²) in [6, 6.07) is 5.18. The molecule has 1 aliphatic rings. The van der Waals surface area contributed by atoms with Crippen molar-refractivity contribution in [1.82, 2.24) is 15.5 Å². The van der Waals surface area contributed by atoms with Gasteiger partial charge in [-0.15, -0.1) is 0 Å². The van der Waals surface area contributed by atoms with E-state index in [-0.39, 0.29) is 40.8 Å². The van der Waals surface area contributed by atoms with Crippen LogP contribution in [0.1, 0.15) is 58.4 Å². The molecular formula is C28H44N8O3. The molecule has 1 fully saturated rings. The average Bonchev–Trinajstić information content (AvgIpc) is 3.79. The van der Waals surface area contributed by atoms with Gasteiger partial charge in [0.05, 0.1) is 24.1 Å². The fourth-order valence-electron chi connectivity index (χ4n) is 4.11. The Morgan fingerprint density at radius 3 is 2.41 bits per heavy atom. The van der Waals surface area contributed by atoms with Crippen LogP contribution < -0.4 is 32.2 Å². The number of nitrogens with one attached hydrogen (secondary N) is 5. The fraction of sp³-hybridized carbons (Fsp3) is 0.500. The van der Waals surface area contributed by atoms with Crippen molar-refractivity contribution in [1.29, 1.82) is 10.8 Å². The first-order valence-electron chi connectivity index (χ1n) is 13.3. The lowest BCUT2D eigenvalue weighted by Gasteiger charge is -2.29. The Kier molecular flexibility index (Phi) is 11.4. The monoisotopic (exact) mass is 540 g/mol. The van der Waals surface area contributed by atoms with Crippen LogP contribution >= 0.6 is 0 Å². The Morgan fingerprint density at radius 2 is 1.87 bits per heavy atom. The second-order valence-corrected chi connectivity index (χ2v) is 9.93. The Balaban J connectivity index is 2.41. The van der Waals surface area contributed by atoms with Crippen LogP contribution in [-0.4, -0.2) is 49.6 Å². The van der Waals surface area contributed by atoms with E-state index in [4.69, 9.17) is 27.0 Å². The van der Waals surface area contributed by atoms with Crippen molar-refractivity contribution in [2.24, 2.45) is 29.2 Å². The third-order valence-corrected chi connectivity index (χ3v) is 6.98. The van der Waals surface area contributed by atoms with Gasteiger partial charge < -0.3 is 37.1 Å². The predicted octanol–water partition coefficient (Wildman–Crippen LogP) is 3.05. The predicted molar refractivity (Wildman–Crippen MR) is 155 cm³/mol. The van der Waals surface area contributed by atoms with E-state index in [1.165, 1.54) is 20.2 Å². The number of amidine groups is 2. The first kappa shape index (κ1) is 31.2. The Morgan fingerprint density at radius 1 is 1.21 bits per heavy atom. The van der Waals surface area contributed by atoms with Gasteiger partial charge in [0.15, 0.2) is 5.75 Å². The summed E-state index contributed by atoms with van der Waals surface area (Å²) in [5.41, 5.74) is 13.0. The van der Waals surface area contributed by atoms with Crippen LogP contribution in [0.3, 0.4) is 0 Å². The molecule has 0 spiro atoms. The van der Waals surface area contributed by atoms with Gasteiger partial charge >= 0.3 is 0 Å². The van der Waals surface area contributed by atoms with Gasteiger partial charge in [-0.1, -0.05) is 33.3 Å². The molecule has 2 unspecified atom stereocenters. The van der Waals surface area contributed by atoms with E-state index in [0.29, 0.717) is 28.8 Å². The highest BCUT2D eigenvalue weighted by molar-refractivity contribution is 6.09. The minimum Gasteiger partial charge on any atom is -0.494 e. The summed E-state index contributed by atoms with van der Waals surface area (Å²) in [5, 5.41) is 25.9. The fourth-order valence-corrected chi connectivity index (χ4v) is 4.11. The molecule has 0 saturated heterocycles. The molecule has 1 aliphatic carbocycles. The number of amides is 2. The summed E-state index contributed by atoms with van der Waals surface area (Å²) in [6.07, 6.45) is 5.73. The highest BCUT2D eigenvalue weighted by atomic mass is 16.5. The smallest absolute Gasteiger partial charge is 0.269 e. The van der Waals surface area contributed by atoms with E-state index in [1.54, 1.807) is 30.1 Å². The molecule has 2 amide bonds. The molecule has 1 aromatic carbocycles. The zero-order chi connectivity index (χ0) is 29.3. The number of para-hydroxylation sites is 1. The standard InChI is InChI=1S/C28H44N8O3/c1-7-16(3)14-17(8-2)25(31)36(5)26(32)19-10-9-11-20(24(19)39-6)34-21(23(30)28(38)33-4)15-22(29)35-27(37)18-12-13-18/h9-11,15-18,31-32,34H,7-8,12-14,29-30H2,1-6H3,(H,33,38)(H,35,37)/b22-15+,23-21+,31-25?,32-26?. The summed E-state index contributed by atoms with van der Waals surface area (Å²) in [7, 11) is 4.64. The topological polar surface area (TPSA) is 182 Å². The molecule has 39 heavy (non-hydrogen) atoms. The van der Waals surface area contributed by atoms with Crippen LogP contribution in [-0.2, 0) is 9.59 Å². The molecular weight excluding hydrogens is 496 g/mol. The number of hydrogen-bond donors (Lipinski definition) is 7. The van der Waals surface area contributed by atoms with Crippen molar-refractivity contribution < 1.29 is 14.3 Å². The molecule has 2 rings (SSSR count). The average molecular weight is 541 g/mol. The second-order valence-electron chi connectivity index (χ2n) is 9.93. The van der Waals surface area contributed by atoms with Crippen molar-refractivity contribution in [3.05, 3.63) is 47.1 Å². The third kappa shape index (κ3) is 8.23. The molecule has 1 aromatic rings. The summed E-state index contributed by atoms with van der Waals surface area (Å²) in [6.45, 7) is 6.37. The summed E-state index contributed by atoms with van der Waals surface area (Å²) in [4.78, 5) is 26.1. The lowest BCUT2D eigenvalue weighted by atomic mass is 9.90. The number of benzene rings is 1. The number of carbonyl (C=O) groups excluding carboxylic acids is 2. The summed E-state index contributed by atoms with van der Waals surface area (Å²) >= 11 is 0. The molecule has 2 atom stereocenters. The van der Waals surface area contributed by atoms with E-state index in [0.717, 1.165) is 32.1 Å². The second kappa shape index (κ2) is 14.2. The molecule has 214 valence electrons. The van der Waals surface area contributed by atoms with Gasteiger partial charge in [0.25, 0.3) is 5.91 Å². The highest BCUT2D eigenvalue weighted by Crippen LogP contribution is 2.32. The molecule has 0 radical (unpaired) electrons. The van der Waals surface area contributed by atoms with Gasteiger partial charge in [-0.3, -0.25) is 20.4 Å². The maximum atomic E-state index is 12.4. The van der Waals surface area contributed by atoms with Crippen molar-refractivity contribution in [2.45, 2.75) is 52.9 Å². The number of nitrogens with zero attached hydrogens (tertiary/aromatic N) is 1. The van der Waals surface area contributed by atoms with Crippen molar-refractivity contribution in [3.8, 4) is 5.75 Å². The van der Waals surface area contributed by atoms with Crippen molar-refractivity contribution >= 4 is 29.2 Å². The maximum absolute atomic E-state index is 12.4. The van der Waals surface area contributed by atoms with E-state index in [1.807, 2.05) is 0 Å². The van der Waals surface area contributed by atoms with Crippen LogP contribution in [0.5, 0.6) is 5.75 Å². The Bertz CT molecular complexity index is 1140. The molecule has 0 bridgehead atoms. The first-order chi connectivity index (χ1) is 18.5. The van der Waals surface area contributed by atoms with Gasteiger partial charge in [-0.05, 0) is 43.7 Å². The molecule has 9 N–H and O–H groups in total. The van der Waals surface area contributed by atoms with Gasteiger partial charge in [0, 0.05) is 32.0 Å². The van der Waals surface area contributed by atoms with Gasteiger partial charge in [-0.2, -0.15) is 0 Å². The van der Waals surface area contributed by atoms with Gasteiger partial charge in [-0.25, -0.2) is 0 Å². The van der Waals surface area contributed by atoms with E-state index >= 15 is 0 Å². The maximum Gasteiger partial charge on any atom is 0.269 e. The number of likely N-dealkylation sites (N-methyl/N-ethyl adjacent to an activating group) is 1.